The van der Waals surface area contributed by atoms with Gasteiger partial charge in [0, 0.05) is 25.6 Å². The maximum Gasteiger partial charge on any atom is 0.417 e. The molecule has 2 amide bonds. The Morgan fingerprint density at radius 1 is 0.975 bits per heavy atom. The number of rotatable bonds is 7. The maximum atomic E-state index is 14.5. The topological polar surface area (TPSA) is 68.3 Å². The molecule has 7 nitrogen and oxygen atoms in total. The summed E-state index contributed by atoms with van der Waals surface area (Å²) < 4.78 is 17.3. The van der Waals surface area contributed by atoms with Crippen LogP contribution in [-0.4, -0.2) is 54.2 Å². The minimum atomic E-state index is -0.890. The number of hydrogen-bond acceptors (Lipinski definition) is 6. The van der Waals surface area contributed by atoms with Crippen molar-refractivity contribution < 1.29 is 23.8 Å². The van der Waals surface area contributed by atoms with E-state index in [0.29, 0.717) is 31.1 Å². The van der Waals surface area contributed by atoms with E-state index in [9.17, 15) is 9.59 Å². The summed E-state index contributed by atoms with van der Waals surface area (Å²) in [6, 6.07) is 25.3. The molecule has 2 fully saturated rings. The number of methoxy groups -OCH3 is 1. The van der Waals surface area contributed by atoms with Gasteiger partial charge in [0.2, 0.25) is 5.91 Å². The Kier molecular flexibility index (Phi) is 7.60. The minimum Gasteiger partial charge on any atom is -0.493 e. The molecule has 0 aromatic heterocycles. The Bertz CT molecular complexity index is 1350. The zero-order valence-electron chi connectivity index (χ0n) is 23.9. The van der Waals surface area contributed by atoms with Gasteiger partial charge in [0.1, 0.15) is 18.2 Å². The molecule has 2 heterocycles. The van der Waals surface area contributed by atoms with Gasteiger partial charge in [-0.1, -0.05) is 66.7 Å². The highest BCUT2D eigenvalue weighted by Crippen LogP contribution is 2.48. The molecular weight excluding hydrogens is 504 g/mol. The number of cyclic esters (lactones) is 1. The molecule has 0 spiro atoms. The zero-order valence-corrected chi connectivity index (χ0v) is 23.9. The molecule has 2 saturated heterocycles. The van der Waals surface area contributed by atoms with Crippen molar-refractivity contribution in [3.8, 4) is 11.5 Å². The van der Waals surface area contributed by atoms with Crippen molar-refractivity contribution >= 4 is 12.0 Å². The van der Waals surface area contributed by atoms with Gasteiger partial charge in [-0.3, -0.25) is 9.69 Å². The van der Waals surface area contributed by atoms with Crippen LogP contribution in [0.25, 0.3) is 0 Å². The second kappa shape index (κ2) is 11.0. The van der Waals surface area contributed by atoms with Crippen molar-refractivity contribution in [1.82, 2.24) is 9.80 Å². The smallest absolute Gasteiger partial charge is 0.417 e. The molecular formula is C33H38N2O5. The number of nitrogens with zero attached hydrogens (tertiary/aromatic N) is 2. The second-order valence-electron chi connectivity index (χ2n) is 11.9. The van der Waals surface area contributed by atoms with Crippen LogP contribution in [0.1, 0.15) is 56.3 Å². The van der Waals surface area contributed by atoms with E-state index in [1.807, 2.05) is 94.4 Å². The number of ether oxygens (including phenoxy) is 3. The van der Waals surface area contributed by atoms with Gasteiger partial charge in [-0.05, 0) is 56.5 Å². The van der Waals surface area contributed by atoms with Crippen molar-refractivity contribution in [2.75, 3.05) is 26.8 Å². The second-order valence-corrected chi connectivity index (χ2v) is 11.9. The molecule has 40 heavy (non-hydrogen) atoms. The lowest BCUT2D eigenvalue weighted by molar-refractivity contribution is -0.139. The number of amides is 2. The molecule has 0 saturated carbocycles. The van der Waals surface area contributed by atoms with Crippen LogP contribution >= 0.6 is 0 Å². The Morgan fingerprint density at radius 2 is 1.65 bits per heavy atom. The number of carbonyl (C=O) groups is 2. The van der Waals surface area contributed by atoms with Crippen LogP contribution < -0.4 is 9.47 Å². The highest BCUT2D eigenvalue weighted by Gasteiger charge is 2.54. The van der Waals surface area contributed by atoms with Crippen molar-refractivity contribution in [1.29, 1.82) is 0 Å². The maximum absolute atomic E-state index is 14.5. The first kappa shape index (κ1) is 27.7. The van der Waals surface area contributed by atoms with Crippen LogP contribution in [0.5, 0.6) is 11.5 Å². The number of hydrogen-bond donors (Lipinski definition) is 0. The Balaban J connectivity index is 1.54. The molecule has 3 aromatic rings. The van der Waals surface area contributed by atoms with Crippen LogP contribution in [0.4, 0.5) is 4.79 Å². The standard InChI is InChI=1S/C33H38N2O5/c1-32(2,3)40-29-18-25(16-17-28(29)38-5)26-20-34(19-23-12-8-6-9-13-23)22-33(26,4)30(36)35-27(21-39-31(35)37)24-14-10-7-11-15-24/h6-18,26-27H,19-22H2,1-5H3/t26?,27-,33+/m0/s1. The fourth-order valence-electron chi connectivity index (χ4n) is 5.91. The molecule has 0 aliphatic carbocycles. The van der Waals surface area contributed by atoms with Crippen LogP contribution in [0.2, 0.25) is 0 Å². The van der Waals surface area contributed by atoms with Crippen LogP contribution in [-0.2, 0) is 16.1 Å². The fraction of sp³-hybridized carbons (Fsp3) is 0.394. The molecule has 0 radical (unpaired) electrons. The highest BCUT2D eigenvalue weighted by molar-refractivity contribution is 5.97. The van der Waals surface area contributed by atoms with Crippen molar-refractivity contribution in [3.05, 3.63) is 95.6 Å². The van der Waals surface area contributed by atoms with E-state index in [1.54, 1.807) is 7.11 Å². The predicted octanol–water partition coefficient (Wildman–Crippen LogP) is 6.20. The van der Waals surface area contributed by atoms with Gasteiger partial charge in [0.25, 0.3) is 0 Å². The summed E-state index contributed by atoms with van der Waals surface area (Å²) in [5.41, 5.74) is 1.70. The average Bonchev–Trinajstić information content (AvgIpc) is 3.48. The van der Waals surface area contributed by atoms with Crippen LogP contribution in [0.3, 0.4) is 0 Å². The first-order chi connectivity index (χ1) is 19.1. The lowest BCUT2D eigenvalue weighted by Crippen LogP contribution is -2.47. The lowest BCUT2D eigenvalue weighted by atomic mass is 9.74. The summed E-state index contributed by atoms with van der Waals surface area (Å²) >= 11 is 0. The number of imide groups is 1. The SMILES string of the molecule is COc1ccc(C2CN(Cc3ccccc3)C[C@@]2(C)C(=O)N2C(=O)OC[C@H]2c2ccccc2)cc1OC(C)(C)C. The Hall–Kier alpha value is -3.84. The Labute approximate surface area is 236 Å². The van der Waals surface area contributed by atoms with Gasteiger partial charge < -0.3 is 14.2 Å². The van der Waals surface area contributed by atoms with E-state index in [1.165, 1.54) is 10.5 Å². The first-order valence-corrected chi connectivity index (χ1v) is 13.8. The quantitative estimate of drug-likeness (QED) is 0.354. The van der Waals surface area contributed by atoms with Gasteiger partial charge in [-0.25, -0.2) is 9.69 Å². The number of likely N-dealkylation sites (tertiary alicyclic amines) is 1. The van der Waals surface area contributed by atoms with E-state index in [-0.39, 0.29) is 18.4 Å². The third kappa shape index (κ3) is 5.56. The van der Waals surface area contributed by atoms with Crippen molar-refractivity contribution in [2.24, 2.45) is 5.41 Å². The van der Waals surface area contributed by atoms with Gasteiger partial charge >= 0.3 is 6.09 Å². The monoisotopic (exact) mass is 542 g/mol. The van der Waals surface area contributed by atoms with Crippen molar-refractivity contribution in [2.45, 2.75) is 51.8 Å². The molecule has 1 unspecified atom stereocenters. The molecule has 2 aliphatic heterocycles. The normalized spacial score (nSPS) is 23.2. The lowest BCUT2D eigenvalue weighted by Gasteiger charge is -2.34. The Morgan fingerprint density at radius 3 is 2.30 bits per heavy atom. The van der Waals surface area contributed by atoms with Crippen LogP contribution in [0.15, 0.2) is 78.9 Å². The van der Waals surface area contributed by atoms with Crippen molar-refractivity contribution in [3.63, 3.8) is 0 Å². The summed E-state index contributed by atoms with van der Waals surface area (Å²) in [4.78, 5) is 31.2. The van der Waals surface area contributed by atoms with E-state index in [0.717, 1.165) is 11.1 Å². The molecule has 5 rings (SSSR count). The first-order valence-electron chi connectivity index (χ1n) is 13.8. The van der Waals surface area contributed by atoms with Gasteiger partial charge in [0.05, 0.1) is 12.5 Å². The van der Waals surface area contributed by atoms with E-state index in [2.05, 4.69) is 17.0 Å². The molecule has 3 atom stereocenters. The summed E-state index contributed by atoms with van der Waals surface area (Å²) in [5.74, 6) is 0.852. The fourth-order valence-corrected chi connectivity index (χ4v) is 5.91. The highest BCUT2D eigenvalue weighted by atomic mass is 16.6. The van der Waals surface area contributed by atoms with Gasteiger partial charge in [-0.15, -0.1) is 0 Å². The molecule has 210 valence electrons. The number of carbonyl (C=O) groups excluding carboxylic acids is 2. The predicted molar refractivity (Wildman–Crippen MR) is 153 cm³/mol. The van der Waals surface area contributed by atoms with Gasteiger partial charge in [-0.2, -0.15) is 0 Å². The largest absolute Gasteiger partial charge is 0.493 e. The van der Waals surface area contributed by atoms with E-state index in [4.69, 9.17) is 14.2 Å². The summed E-state index contributed by atoms with van der Waals surface area (Å²) in [7, 11) is 1.62. The van der Waals surface area contributed by atoms with Gasteiger partial charge in [0.15, 0.2) is 11.5 Å². The number of benzene rings is 3. The summed E-state index contributed by atoms with van der Waals surface area (Å²) in [6.07, 6.45) is -0.591. The van der Waals surface area contributed by atoms with E-state index >= 15 is 0 Å². The molecule has 0 N–H and O–H groups in total. The third-order valence-electron chi connectivity index (χ3n) is 7.78. The molecule has 0 bridgehead atoms. The summed E-state index contributed by atoms with van der Waals surface area (Å²) in [6.45, 7) is 9.96. The average molecular weight is 543 g/mol. The third-order valence-corrected chi connectivity index (χ3v) is 7.78. The molecule has 3 aromatic carbocycles. The zero-order chi connectivity index (χ0) is 28.5. The van der Waals surface area contributed by atoms with Crippen LogP contribution in [0, 0.1) is 5.41 Å². The molecule has 7 heteroatoms. The molecule has 2 aliphatic rings. The summed E-state index contributed by atoms with van der Waals surface area (Å²) in [5, 5.41) is 0. The van der Waals surface area contributed by atoms with E-state index < -0.39 is 23.2 Å². The minimum absolute atomic E-state index is 0.148.